The summed E-state index contributed by atoms with van der Waals surface area (Å²) in [5.41, 5.74) is 3.58. The second kappa shape index (κ2) is 3.89. The van der Waals surface area contributed by atoms with Crippen molar-refractivity contribution in [3.05, 3.63) is 18.1 Å². The van der Waals surface area contributed by atoms with E-state index in [1.807, 2.05) is 0 Å². The Kier molecular flexibility index (Phi) is 2.60. The van der Waals surface area contributed by atoms with Crippen LogP contribution in [0.5, 0.6) is 5.88 Å². The first-order valence-electron chi connectivity index (χ1n) is 4.68. The van der Waals surface area contributed by atoms with Gasteiger partial charge in [0, 0.05) is 12.4 Å². The zero-order chi connectivity index (χ0) is 9.97. The van der Waals surface area contributed by atoms with E-state index in [9.17, 15) is 0 Å². The number of ether oxygens (including phenoxy) is 1. The van der Waals surface area contributed by atoms with Crippen LogP contribution >= 0.6 is 0 Å². The van der Waals surface area contributed by atoms with Crippen molar-refractivity contribution >= 4 is 0 Å². The van der Waals surface area contributed by atoms with Crippen molar-refractivity contribution in [3.8, 4) is 5.88 Å². The van der Waals surface area contributed by atoms with Gasteiger partial charge in [0.1, 0.15) is 5.69 Å². The zero-order valence-corrected chi connectivity index (χ0v) is 8.10. The molecule has 14 heavy (non-hydrogen) atoms. The van der Waals surface area contributed by atoms with Crippen molar-refractivity contribution in [1.82, 2.24) is 15.4 Å². The van der Waals surface area contributed by atoms with Crippen molar-refractivity contribution in [3.63, 3.8) is 0 Å². The highest BCUT2D eigenvalue weighted by atomic mass is 16.5. The molecule has 1 aromatic rings. The van der Waals surface area contributed by atoms with Gasteiger partial charge in [-0.25, -0.2) is 4.98 Å². The van der Waals surface area contributed by atoms with Crippen LogP contribution in [0.25, 0.3) is 0 Å². The molecule has 1 aliphatic carbocycles. The Balaban J connectivity index is 2.27. The predicted octanol–water partition coefficient (Wildman–Crippen LogP) is 0.400. The van der Waals surface area contributed by atoms with Gasteiger partial charge in [0.05, 0.1) is 13.2 Å². The summed E-state index contributed by atoms with van der Waals surface area (Å²) in [5.74, 6) is 6.63. The Morgan fingerprint density at radius 2 is 2.21 bits per heavy atom. The number of hydrogen-bond acceptors (Lipinski definition) is 5. The second-order valence-corrected chi connectivity index (χ2v) is 3.43. The van der Waals surface area contributed by atoms with Gasteiger partial charge in [-0.3, -0.25) is 16.3 Å². The Labute approximate surface area is 82.7 Å². The van der Waals surface area contributed by atoms with E-state index in [4.69, 9.17) is 10.6 Å². The summed E-state index contributed by atoms with van der Waals surface area (Å²) >= 11 is 0. The van der Waals surface area contributed by atoms with Crippen molar-refractivity contribution in [1.29, 1.82) is 0 Å². The topological polar surface area (TPSA) is 73.1 Å². The maximum absolute atomic E-state index is 5.50. The molecule has 1 saturated carbocycles. The highest BCUT2D eigenvalue weighted by Crippen LogP contribution is 2.41. The highest BCUT2D eigenvalue weighted by molar-refractivity contribution is 5.22. The van der Waals surface area contributed by atoms with Gasteiger partial charge >= 0.3 is 0 Å². The highest BCUT2D eigenvalue weighted by Gasteiger charge is 2.34. The summed E-state index contributed by atoms with van der Waals surface area (Å²) in [6.45, 7) is 0. The lowest BCUT2D eigenvalue weighted by Gasteiger charge is -2.15. The fourth-order valence-corrected chi connectivity index (χ4v) is 1.57. The molecule has 0 aliphatic heterocycles. The van der Waals surface area contributed by atoms with Crippen LogP contribution in [0.3, 0.4) is 0 Å². The van der Waals surface area contributed by atoms with Crippen LogP contribution in [-0.2, 0) is 0 Å². The number of hydrazine groups is 1. The lowest BCUT2D eigenvalue weighted by Crippen LogP contribution is -2.30. The predicted molar refractivity (Wildman–Crippen MR) is 51.4 cm³/mol. The average molecular weight is 194 g/mol. The molecule has 1 atom stereocenters. The van der Waals surface area contributed by atoms with Crippen LogP contribution < -0.4 is 16.0 Å². The lowest BCUT2D eigenvalue weighted by atomic mass is 10.1. The number of nitrogens with two attached hydrogens (primary N) is 1. The van der Waals surface area contributed by atoms with Gasteiger partial charge in [-0.1, -0.05) is 0 Å². The standard InChI is InChI=1S/C9H14N4O/c1-14-9-8(11-4-5-12-9)7(13-10)6-2-3-6/h4-7,13H,2-3,10H2,1H3. The molecule has 76 valence electrons. The number of aromatic nitrogens is 2. The van der Waals surface area contributed by atoms with E-state index in [0.717, 1.165) is 5.69 Å². The Morgan fingerprint density at radius 3 is 2.79 bits per heavy atom. The normalized spacial score (nSPS) is 17.9. The average Bonchev–Trinajstić information content (AvgIpc) is 3.04. The first-order chi connectivity index (χ1) is 6.86. The molecule has 0 amide bonds. The number of rotatable bonds is 4. The maximum atomic E-state index is 5.50. The van der Waals surface area contributed by atoms with E-state index < -0.39 is 0 Å². The summed E-state index contributed by atoms with van der Waals surface area (Å²) in [6, 6.07) is 0.0682. The molecule has 1 aromatic heterocycles. The molecule has 0 radical (unpaired) electrons. The second-order valence-electron chi connectivity index (χ2n) is 3.43. The molecular formula is C9H14N4O. The van der Waals surface area contributed by atoms with Crippen LogP contribution in [0.1, 0.15) is 24.6 Å². The van der Waals surface area contributed by atoms with Gasteiger partial charge in [-0.05, 0) is 18.8 Å². The molecule has 3 N–H and O–H groups in total. The molecular weight excluding hydrogens is 180 g/mol. The molecule has 0 bridgehead atoms. The van der Waals surface area contributed by atoms with E-state index in [1.165, 1.54) is 12.8 Å². The van der Waals surface area contributed by atoms with Crippen molar-refractivity contribution < 1.29 is 4.74 Å². The fourth-order valence-electron chi connectivity index (χ4n) is 1.57. The van der Waals surface area contributed by atoms with Crippen LogP contribution in [0.15, 0.2) is 12.4 Å². The third kappa shape index (κ3) is 1.69. The van der Waals surface area contributed by atoms with E-state index >= 15 is 0 Å². The van der Waals surface area contributed by atoms with Gasteiger partial charge in [-0.15, -0.1) is 0 Å². The van der Waals surface area contributed by atoms with E-state index in [0.29, 0.717) is 11.8 Å². The lowest BCUT2D eigenvalue weighted by molar-refractivity contribution is 0.370. The number of hydrogen-bond donors (Lipinski definition) is 2. The van der Waals surface area contributed by atoms with Crippen molar-refractivity contribution in [2.24, 2.45) is 11.8 Å². The summed E-state index contributed by atoms with van der Waals surface area (Å²) < 4.78 is 5.14. The van der Waals surface area contributed by atoms with Crippen LogP contribution in [-0.4, -0.2) is 17.1 Å². The molecule has 1 heterocycles. The minimum Gasteiger partial charge on any atom is -0.480 e. The number of methoxy groups -OCH3 is 1. The summed E-state index contributed by atoms with van der Waals surface area (Å²) in [5, 5.41) is 0. The molecule has 1 aliphatic rings. The van der Waals surface area contributed by atoms with E-state index in [2.05, 4.69) is 15.4 Å². The fraction of sp³-hybridized carbons (Fsp3) is 0.556. The van der Waals surface area contributed by atoms with Gasteiger partial charge in [0.25, 0.3) is 0 Å². The summed E-state index contributed by atoms with van der Waals surface area (Å²) in [7, 11) is 1.59. The largest absolute Gasteiger partial charge is 0.480 e. The third-order valence-corrected chi connectivity index (χ3v) is 2.45. The quantitative estimate of drug-likeness (QED) is 0.536. The molecule has 0 saturated heterocycles. The Hall–Kier alpha value is -1.20. The molecule has 0 spiro atoms. The van der Waals surface area contributed by atoms with Crippen LogP contribution in [0, 0.1) is 5.92 Å². The minimum atomic E-state index is 0.0682. The smallest absolute Gasteiger partial charge is 0.237 e. The number of nitrogens with one attached hydrogen (secondary N) is 1. The monoisotopic (exact) mass is 194 g/mol. The first-order valence-corrected chi connectivity index (χ1v) is 4.68. The van der Waals surface area contributed by atoms with Gasteiger partial charge in [0.15, 0.2) is 0 Å². The van der Waals surface area contributed by atoms with E-state index in [1.54, 1.807) is 19.5 Å². The van der Waals surface area contributed by atoms with Crippen LogP contribution in [0.4, 0.5) is 0 Å². The zero-order valence-electron chi connectivity index (χ0n) is 8.10. The summed E-state index contributed by atoms with van der Waals surface area (Å²) in [4.78, 5) is 8.35. The third-order valence-electron chi connectivity index (χ3n) is 2.45. The first kappa shape index (κ1) is 9.36. The number of nitrogens with zero attached hydrogens (tertiary/aromatic N) is 2. The van der Waals surface area contributed by atoms with Crippen LogP contribution in [0.2, 0.25) is 0 Å². The van der Waals surface area contributed by atoms with Gasteiger partial charge in [0.2, 0.25) is 5.88 Å². The van der Waals surface area contributed by atoms with E-state index in [-0.39, 0.29) is 6.04 Å². The molecule has 2 rings (SSSR count). The molecule has 5 nitrogen and oxygen atoms in total. The summed E-state index contributed by atoms with van der Waals surface area (Å²) in [6.07, 6.45) is 5.65. The Bertz CT molecular complexity index is 313. The van der Waals surface area contributed by atoms with Crippen molar-refractivity contribution in [2.75, 3.05) is 7.11 Å². The SMILES string of the molecule is COc1nccnc1C(NN)C1CC1. The molecule has 0 aromatic carbocycles. The molecule has 5 heteroatoms. The van der Waals surface area contributed by atoms with Gasteiger partial charge < -0.3 is 4.74 Å². The van der Waals surface area contributed by atoms with Gasteiger partial charge in [-0.2, -0.15) is 0 Å². The molecule has 1 unspecified atom stereocenters. The minimum absolute atomic E-state index is 0.0682. The van der Waals surface area contributed by atoms with Crippen molar-refractivity contribution in [2.45, 2.75) is 18.9 Å². The maximum Gasteiger partial charge on any atom is 0.237 e. The Morgan fingerprint density at radius 1 is 1.50 bits per heavy atom. The molecule has 1 fully saturated rings.